The highest BCUT2D eigenvalue weighted by Gasteiger charge is 2.16. The van der Waals surface area contributed by atoms with Gasteiger partial charge in [0, 0.05) is 5.56 Å². The largest absolute Gasteiger partial charge is 0.308 e. The number of aromatic nitrogens is 2. The van der Waals surface area contributed by atoms with Gasteiger partial charge in [0.1, 0.15) is 10.0 Å². The maximum absolute atomic E-state index is 4.39. The van der Waals surface area contributed by atoms with Gasteiger partial charge >= 0.3 is 0 Å². The number of hydrogen-bond donors (Lipinski definition) is 1. The highest BCUT2D eigenvalue weighted by molar-refractivity contribution is 7.14. The van der Waals surface area contributed by atoms with Crippen LogP contribution < -0.4 is 5.32 Å². The predicted molar refractivity (Wildman–Crippen MR) is 84.1 cm³/mol. The van der Waals surface area contributed by atoms with Gasteiger partial charge in [0.2, 0.25) is 0 Å². The van der Waals surface area contributed by atoms with E-state index in [4.69, 9.17) is 0 Å². The van der Waals surface area contributed by atoms with Crippen LogP contribution in [0.15, 0.2) is 18.2 Å². The molecule has 1 aliphatic carbocycles. The molecular formula is C16H21N3S. The number of hydrogen-bond acceptors (Lipinski definition) is 4. The fourth-order valence-electron chi connectivity index (χ4n) is 2.85. The summed E-state index contributed by atoms with van der Waals surface area (Å²) in [5.74, 6) is 0. The number of nitrogens with one attached hydrogen (secondary N) is 1. The van der Waals surface area contributed by atoms with Crippen LogP contribution >= 0.6 is 11.3 Å². The molecule has 0 aliphatic heterocycles. The predicted octanol–water partition coefficient (Wildman–Crippen LogP) is 3.75. The average molecular weight is 287 g/mol. The number of nitrogens with zero attached hydrogens (tertiary/aromatic N) is 2. The Balaban J connectivity index is 1.86. The lowest BCUT2D eigenvalue weighted by Crippen LogP contribution is -2.19. The zero-order valence-electron chi connectivity index (χ0n) is 12.1. The maximum atomic E-state index is 4.39. The molecule has 1 unspecified atom stereocenters. The van der Waals surface area contributed by atoms with Crippen LogP contribution in [0.3, 0.4) is 0 Å². The van der Waals surface area contributed by atoms with Crippen LogP contribution in [0.4, 0.5) is 0 Å². The lowest BCUT2D eigenvalue weighted by molar-refractivity contribution is 0.531. The summed E-state index contributed by atoms with van der Waals surface area (Å²) in [5, 5.41) is 14.4. The minimum Gasteiger partial charge on any atom is -0.308 e. The van der Waals surface area contributed by atoms with E-state index in [2.05, 4.69) is 47.6 Å². The third kappa shape index (κ3) is 2.63. The van der Waals surface area contributed by atoms with Gasteiger partial charge in [-0.3, -0.25) is 0 Å². The van der Waals surface area contributed by atoms with Crippen molar-refractivity contribution in [1.82, 2.24) is 15.5 Å². The van der Waals surface area contributed by atoms with Crippen LogP contribution in [0.1, 0.15) is 48.9 Å². The second-order valence-corrected chi connectivity index (χ2v) is 6.31. The van der Waals surface area contributed by atoms with Crippen LogP contribution in [0, 0.1) is 0 Å². The molecule has 0 bridgehead atoms. The van der Waals surface area contributed by atoms with Crippen LogP contribution in [-0.2, 0) is 12.8 Å². The minimum atomic E-state index is 0.334. The van der Waals surface area contributed by atoms with Crippen molar-refractivity contribution in [2.24, 2.45) is 0 Å². The Bertz CT molecular complexity index is 591. The van der Waals surface area contributed by atoms with Crippen molar-refractivity contribution >= 4 is 11.3 Å². The van der Waals surface area contributed by atoms with E-state index < -0.39 is 0 Å². The van der Waals surface area contributed by atoms with E-state index in [1.807, 2.05) is 0 Å². The molecule has 1 heterocycles. The summed E-state index contributed by atoms with van der Waals surface area (Å²) in [6.07, 6.45) is 4.78. The fourth-order valence-corrected chi connectivity index (χ4v) is 3.85. The van der Waals surface area contributed by atoms with Gasteiger partial charge in [0.25, 0.3) is 0 Å². The van der Waals surface area contributed by atoms with E-state index in [1.54, 1.807) is 11.3 Å². The van der Waals surface area contributed by atoms with Crippen molar-refractivity contribution in [3.8, 4) is 10.6 Å². The van der Waals surface area contributed by atoms with Crippen LogP contribution in [0.5, 0.6) is 0 Å². The standard InChI is InChI=1S/C16H21N3S/c1-3-14(17-4-2)16-19-18-15(20-16)13-9-8-11-6-5-7-12(11)10-13/h8-10,14,17H,3-7H2,1-2H3. The Hall–Kier alpha value is -1.26. The Morgan fingerprint density at radius 1 is 1.20 bits per heavy atom. The molecule has 3 rings (SSSR count). The van der Waals surface area contributed by atoms with Crippen LogP contribution in [0.25, 0.3) is 10.6 Å². The first kappa shape index (κ1) is 13.7. The summed E-state index contributed by atoms with van der Waals surface area (Å²) in [7, 11) is 0. The van der Waals surface area contributed by atoms with Crippen molar-refractivity contribution in [3.05, 3.63) is 34.3 Å². The smallest absolute Gasteiger partial charge is 0.147 e. The highest BCUT2D eigenvalue weighted by atomic mass is 32.1. The van der Waals surface area contributed by atoms with Crippen molar-refractivity contribution in [3.63, 3.8) is 0 Å². The van der Waals surface area contributed by atoms with Gasteiger partial charge in [-0.1, -0.05) is 37.3 Å². The molecule has 3 nitrogen and oxygen atoms in total. The lowest BCUT2D eigenvalue weighted by Gasteiger charge is -2.11. The van der Waals surface area contributed by atoms with Gasteiger partial charge < -0.3 is 5.32 Å². The quantitative estimate of drug-likeness (QED) is 0.910. The van der Waals surface area contributed by atoms with Gasteiger partial charge in [0.15, 0.2) is 0 Å². The normalized spacial score (nSPS) is 15.3. The van der Waals surface area contributed by atoms with Crippen molar-refractivity contribution in [2.75, 3.05) is 6.54 Å². The van der Waals surface area contributed by atoms with Gasteiger partial charge in [-0.05, 0) is 49.4 Å². The lowest BCUT2D eigenvalue weighted by atomic mass is 10.1. The van der Waals surface area contributed by atoms with Gasteiger partial charge in [-0.15, -0.1) is 10.2 Å². The molecule has 20 heavy (non-hydrogen) atoms. The fraction of sp³-hybridized carbons (Fsp3) is 0.500. The van der Waals surface area contributed by atoms with Gasteiger partial charge in [-0.2, -0.15) is 0 Å². The van der Waals surface area contributed by atoms with Gasteiger partial charge in [0.05, 0.1) is 6.04 Å². The van der Waals surface area contributed by atoms with Crippen LogP contribution in [-0.4, -0.2) is 16.7 Å². The number of aryl methyl sites for hydroxylation is 2. The molecule has 0 radical (unpaired) electrons. The molecule has 0 saturated heterocycles. The summed E-state index contributed by atoms with van der Waals surface area (Å²) in [4.78, 5) is 0. The van der Waals surface area contributed by atoms with Crippen molar-refractivity contribution < 1.29 is 0 Å². The molecule has 0 saturated carbocycles. The average Bonchev–Trinajstić information content (AvgIpc) is 3.12. The summed E-state index contributed by atoms with van der Waals surface area (Å²) in [6, 6.07) is 7.10. The van der Waals surface area contributed by atoms with E-state index >= 15 is 0 Å². The molecule has 1 N–H and O–H groups in total. The second-order valence-electron chi connectivity index (χ2n) is 5.30. The molecule has 0 amide bonds. The van der Waals surface area contributed by atoms with Gasteiger partial charge in [-0.25, -0.2) is 0 Å². The highest BCUT2D eigenvalue weighted by Crippen LogP contribution is 2.31. The Morgan fingerprint density at radius 3 is 2.85 bits per heavy atom. The zero-order chi connectivity index (χ0) is 13.9. The van der Waals surface area contributed by atoms with E-state index in [9.17, 15) is 0 Å². The molecular weight excluding hydrogens is 266 g/mol. The molecule has 0 fully saturated rings. The van der Waals surface area contributed by atoms with E-state index in [0.29, 0.717) is 6.04 Å². The summed E-state index contributed by atoms with van der Waals surface area (Å²) < 4.78 is 0. The number of benzene rings is 1. The molecule has 106 valence electrons. The van der Waals surface area contributed by atoms with Crippen LogP contribution in [0.2, 0.25) is 0 Å². The number of rotatable bonds is 5. The summed E-state index contributed by atoms with van der Waals surface area (Å²) in [5.41, 5.74) is 4.23. The molecule has 1 aromatic heterocycles. The molecule has 2 aromatic rings. The topological polar surface area (TPSA) is 37.8 Å². The monoisotopic (exact) mass is 287 g/mol. The first-order chi connectivity index (χ1) is 9.81. The summed E-state index contributed by atoms with van der Waals surface area (Å²) >= 11 is 1.72. The second kappa shape index (κ2) is 6.02. The SMILES string of the molecule is CCNC(CC)c1nnc(-c2ccc3c(c2)CCC3)s1. The Kier molecular flexibility index (Phi) is 4.13. The first-order valence-electron chi connectivity index (χ1n) is 7.50. The third-order valence-corrected chi connectivity index (χ3v) is 5.03. The molecule has 1 atom stereocenters. The van der Waals surface area contributed by atoms with Crippen molar-refractivity contribution in [1.29, 1.82) is 0 Å². The third-order valence-electron chi connectivity index (χ3n) is 3.94. The van der Waals surface area contributed by atoms with E-state index in [1.165, 1.54) is 36.0 Å². The molecule has 4 heteroatoms. The molecule has 1 aromatic carbocycles. The minimum absolute atomic E-state index is 0.334. The van der Waals surface area contributed by atoms with E-state index in [0.717, 1.165) is 23.0 Å². The maximum Gasteiger partial charge on any atom is 0.147 e. The summed E-state index contributed by atoms with van der Waals surface area (Å²) in [6.45, 7) is 5.28. The zero-order valence-corrected chi connectivity index (χ0v) is 13.0. The Labute approximate surface area is 124 Å². The van der Waals surface area contributed by atoms with E-state index in [-0.39, 0.29) is 0 Å². The van der Waals surface area contributed by atoms with Crippen molar-refractivity contribution in [2.45, 2.75) is 45.6 Å². The Morgan fingerprint density at radius 2 is 2.05 bits per heavy atom. The number of fused-ring (bicyclic) bond motifs is 1. The molecule has 0 spiro atoms. The first-order valence-corrected chi connectivity index (χ1v) is 8.32. The molecule has 1 aliphatic rings.